The minimum atomic E-state index is -4.57. The van der Waals surface area contributed by atoms with Crippen molar-refractivity contribution < 1.29 is 36.9 Å². The van der Waals surface area contributed by atoms with Crippen LogP contribution >= 0.6 is 11.6 Å². The highest BCUT2D eigenvalue weighted by Crippen LogP contribution is 2.34. The van der Waals surface area contributed by atoms with Gasteiger partial charge in [0.2, 0.25) is 0 Å². The van der Waals surface area contributed by atoms with Gasteiger partial charge in [0.25, 0.3) is 0 Å². The summed E-state index contributed by atoms with van der Waals surface area (Å²) in [6.07, 6.45) is -4.46. The summed E-state index contributed by atoms with van der Waals surface area (Å²) in [6.45, 7) is -0.243. The molecule has 34 heavy (non-hydrogen) atoms. The van der Waals surface area contributed by atoms with Crippen molar-refractivity contribution in [3.8, 4) is 11.5 Å². The van der Waals surface area contributed by atoms with Gasteiger partial charge in [-0.05, 0) is 48.5 Å². The summed E-state index contributed by atoms with van der Waals surface area (Å²) >= 11 is 5.75. The Bertz CT molecular complexity index is 1370. The number of halogens is 5. The lowest BCUT2D eigenvalue weighted by Gasteiger charge is -2.16. The summed E-state index contributed by atoms with van der Waals surface area (Å²) in [4.78, 5) is 10.9. The summed E-state index contributed by atoms with van der Waals surface area (Å²) in [5.41, 5.74) is 0.0770. The van der Waals surface area contributed by atoms with E-state index in [1.807, 2.05) is 0 Å². The molecule has 176 valence electrons. The highest BCUT2D eigenvalue weighted by atomic mass is 35.5. The van der Waals surface area contributed by atoms with Crippen molar-refractivity contribution in [3.63, 3.8) is 0 Å². The monoisotopic (exact) mass is 493 g/mol. The van der Waals surface area contributed by atoms with Crippen LogP contribution in [0.1, 0.15) is 16.7 Å². The zero-order chi connectivity index (χ0) is 24.5. The van der Waals surface area contributed by atoms with Crippen LogP contribution in [0.4, 0.5) is 22.4 Å². The number of hydrogen-bond acceptors (Lipinski definition) is 3. The molecule has 0 radical (unpaired) electrons. The van der Waals surface area contributed by atoms with E-state index in [1.165, 1.54) is 24.3 Å². The van der Waals surface area contributed by atoms with E-state index in [0.717, 1.165) is 18.2 Å². The third-order valence-corrected chi connectivity index (χ3v) is 5.33. The molecule has 0 aliphatic rings. The average Bonchev–Trinajstić information content (AvgIpc) is 3.16. The Balaban J connectivity index is 1.69. The number of fused-ring (bicyclic) bond motifs is 1. The maximum Gasteiger partial charge on any atom is 0.511 e. The van der Waals surface area contributed by atoms with E-state index in [-0.39, 0.29) is 40.8 Å². The molecule has 0 unspecified atom stereocenters. The summed E-state index contributed by atoms with van der Waals surface area (Å²) in [7, 11) is 0. The quantitative estimate of drug-likeness (QED) is 0.176. The fraction of sp³-hybridized carbons (Fsp3) is 0.125. The Morgan fingerprint density at radius 1 is 1.00 bits per heavy atom. The van der Waals surface area contributed by atoms with Crippen molar-refractivity contribution in [1.82, 2.24) is 4.57 Å². The number of carbonyl (C=O) groups is 1. The van der Waals surface area contributed by atoms with Gasteiger partial charge in [-0.1, -0.05) is 23.7 Å². The van der Waals surface area contributed by atoms with Crippen molar-refractivity contribution in [2.45, 2.75) is 19.3 Å². The first kappa shape index (κ1) is 23.4. The number of aromatic nitrogens is 1. The largest absolute Gasteiger partial charge is 0.511 e. The van der Waals surface area contributed by atoms with Gasteiger partial charge < -0.3 is 19.1 Å². The Hall–Kier alpha value is -3.72. The topological polar surface area (TPSA) is 60.7 Å². The molecule has 0 fully saturated rings. The third kappa shape index (κ3) is 5.09. The predicted octanol–water partition coefficient (Wildman–Crippen LogP) is 7.14. The Kier molecular flexibility index (Phi) is 6.39. The lowest BCUT2D eigenvalue weighted by molar-refractivity contribution is -0.137. The van der Waals surface area contributed by atoms with E-state index in [9.17, 15) is 22.4 Å². The summed E-state index contributed by atoms with van der Waals surface area (Å²) in [6, 6.07) is 13.4. The molecule has 3 aromatic carbocycles. The number of ether oxygens (including phenoxy) is 2. The number of hydrogen-bond donors (Lipinski definition) is 1. The van der Waals surface area contributed by atoms with Crippen LogP contribution in [0.5, 0.6) is 11.5 Å². The molecule has 5 nitrogen and oxygen atoms in total. The van der Waals surface area contributed by atoms with Crippen LogP contribution in [0.3, 0.4) is 0 Å². The van der Waals surface area contributed by atoms with Crippen LogP contribution in [0.25, 0.3) is 10.9 Å². The lowest BCUT2D eigenvalue weighted by atomic mass is 10.1. The van der Waals surface area contributed by atoms with Crippen molar-refractivity contribution in [2.75, 3.05) is 0 Å². The second-order valence-corrected chi connectivity index (χ2v) is 7.78. The standard InChI is InChI=1S/C24H16ClF4NO4/c25-17-6-4-14(19(26)11-17)13-33-21-7-5-16(24(27,28)29)10-15(21)12-30-9-8-18-20(30)2-1-3-22(18)34-23(31)32/h1-11H,12-13H2,(H,31,32). The van der Waals surface area contributed by atoms with Gasteiger partial charge >= 0.3 is 12.3 Å². The molecule has 1 aromatic heterocycles. The van der Waals surface area contributed by atoms with Gasteiger partial charge in [-0.3, -0.25) is 0 Å². The van der Waals surface area contributed by atoms with Gasteiger partial charge in [0.05, 0.1) is 17.6 Å². The second kappa shape index (κ2) is 9.26. The van der Waals surface area contributed by atoms with E-state index in [2.05, 4.69) is 0 Å². The Morgan fingerprint density at radius 3 is 2.50 bits per heavy atom. The number of alkyl halides is 3. The third-order valence-electron chi connectivity index (χ3n) is 5.10. The summed E-state index contributed by atoms with van der Waals surface area (Å²) in [5.74, 6) is -0.354. The Labute approximate surface area is 195 Å². The number of benzene rings is 3. The van der Waals surface area contributed by atoms with Crippen molar-refractivity contribution in [3.05, 3.63) is 94.4 Å². The highest BCUT2D eigenvalue weighted by molar-refractivity contribution is 6.30. The lowest BCUT2D eigenvalue weighted by Crippen LogP contribution is -2.09. The minimum Gasteiger partial charge on any atom is -0.488 e. The molecule has 4 aromatic rings. The number of carboxylic acid groups (broad SMARTS) is 1. The van der Waals surface area contributed by atoms with Crippen molar-refractivity contribution in [2.24, 2.45) is 0 Å². The second-order valence-electron chi connectivity index (χ2n) is 7.35. The van der Waals surface area contributed by atoms with Gasteiger partial charge in [0.1, 0.15) is 23.9 Å². The smallest absolute Gasteiger partial charge is 0.488 e. The first-order valence-corrected chi connectivity index (χ1v) is 10.2. The van der Waals surface area contributed by atoms with E-state index in [0.29, 0.717) is 10.9 Å². The van der Waals surface area contributed by atoms with Crippen molar-refractivity contribution in [1.29, 1.82) is 0 Å². The van der Waals surface area contributed by atoms with Crippen LogP contribution in [0.2, 0.25) is 5.02 Å². The van der Waals surface area contributed by atoms with Gasteiger partial charge in [0, 0.05) is 27.7 Å². The molecule has 0 spiro atoms. The molecule has 1 heterocycles. The van der Waals surface area contributed by atoms with Crippen LogP contribution in [0, 0.1) is 5.82 Å². The summed E-state index contributed by atoms with van der Waals surface area (Å²) in [5, 5.41) is 9.60. The average molecular weight is 494 g/mol. The van der Waals surface area contributed by atoms with Crippen molar-refractivity contribution >= 4 is 28.7 Å². The van der Waals surface area contributed by atoms with Crippen LogP contribution in [-0.4, -0.2) is 15.8 Å². The fourth-order valence-corrected chi connectivity index (χ4v) is 3.67. The van der Waals surface area contributed by atoms with Crippen LogP contribution in [0.15, 0.2) is 66.9 Å². The molecular formula is C24H16ClF4NO4. The van der Waals surface area contributed by atoms with Gasteiger partial charge in [-0.15, -0.1) is 0 Å². The SMILES string of the molecule is O=C(O)Oc1cccc2c1ccn2Cc1cc(C(F)(F)F)ccc1OCc1ccc(Cl)cc1F. The zero-order valence-electron chi connectivity index (χ0n) is 17.3. The molecule has 0 aliphatic carbocycles. The van der Waals surface area contributed by atoms with E-state index in [4.69, 9.17) is 26.2 Å². The van der Waals surface area contributed by atoms with Gasteiger partial charge in [-0.2, -0.15) is 13.2 Å². The molecule has 10 heteroatoms. The molecular weight excluding hydrogens is 478 g/mol. The van der Waals surface area contributed by atoms with E-state index < -0.39 is 23.7 Å². The highest BCUT2D eigenvalue weighted by Gasteiger charge is 2.31. The van der Waals surface area contributed by atoms with Crippen LogP contribution in [-0.2, 0) is 19.3 Å². The molecule has 1 N–H and O–H groups in total. The van der Waals surface area contributed by atoms with Crippen LogP contribution < -0.4 is 9.47 Å². The molecule has 0 saturated heterocycles. The summed E-state index contributed by atoms with van der Waals surface area (Å²) < 4.78 is 66.3. The molecule has 4 rings (SSSR count). The molecule has 0 bridgehead atoms. The molecule has 0 aliphatic heterocycles. The maximum absolute atomic E-state index is 14.1. The van der Waals surface area contributed by atoms with E-state index in [1.54, 1.807) is 29.0 Å². The molecule has 0 saturated carbocycles. The maximum atomic E-state index is 14.1. The predicted molar refractivity (Wildman–Crippen MR) is 117 cm³/mol. The Morgan fingerprint density at radius 2 is 1.79 bits per heavy atom. The van der Waals surface area contributed by atoms with Gasteiger partial charge in [0.15, 0.2) is 0 Å². The fourth-order valence-electron chi connectivity index (χ4n) is 3.51. The normalized spacial score (nSPS) is 11.6. The van der Waals surface area contributed by atoms with E-state index >= 15 is 0 Å². The van der Waals surface area contributed by atoms with Gasteiger partial charge in [-0.25, -0.2) is 9.18 Å². The zero-order valence-corrected chi connectivity index (χ0v) is 18.0. The first-order valence-electron chi connectivity index (χ1n) is 9.87. The number of rotatable bonds is 6. The first-order chi connectivity index (χ1) is 16.1. The molecule has 0 amide bonds. The number of nitrogens with zero attached hydrogens (tertiary/aromatic N) is 1. The molecule has 0 atom stereocenters. The minimum absolute atomic E-state index is 0.0254.